The van der Waals surface area contributed by atoms with E-state index in [0.29, 0.717) is 6.04 Å². The van der Waals surface area contributed by atoms with Crippen LogP contribution in [-0.2, 0) is 6.54 Å². The highest BCUT2D eigenvalue weighted by molar-refractivity contribution is 7.09. The average molecular weight is 196 g/mol. The van der Waals surface area contributed by atoms with Gasteiger partial charge in [0.1, 0.15) is 0 Å². The van der Waals surface area contributed by atoms with Gasteiger partial charge in [0.25, 0.3) is 0 Å². The van der Waals surface area contributed by atoms with Crippen LogP contribution in [0.1, 0.15) is 17.7 Å². The largest absolute Gasteiger partial charge is 0.327 e. The fraction of sp³-hybridized carbons (Fsp3) is 0.600. The second-order valence-electron chi connectivity index (χ2n) is 3.72. The lowest BCUT2D eigenvalue weighted by Crippen LogP contribution is -2.42. The molecule has 1 aliphatic heterocycles. The van der Waals surface area contributed by atoms with Gasteiger partial charge in [-0.15, -0.1) is 11.3 Å². The fourth-order valence-corrected chi connectivity index (χ4v) is 2.60. The van der Waals surface area contributed by atoms with Gasteiger partial charge in [0.05, 0.1) is 0 Å². The summed E-state index contributed by atoms with van der Waals surface area (Å²) < 4.78 is 0. The molecule has 1 saturated heterocycles. The van der Waals surface area contributed by atoms with E-state index >= 15 is 0 Å². The Balaban J connectivity index is 1.87. The van der Waals surface area contributed by atoms with Crippen LogP contribution >= 0.6 is 11.3 Å². The smallest absolute Gasteiger partial charge is 0.0328 e. The number of nitrogens with zero attached hydrogens (tertiary/aromatic N) is 1. The van der Waals surface area contributed by atoms with Crippen molar-refractivity contribution in [2.24, 2.45) is 5.73 Å². The minimum Gasteiger partial charge on any atom is -0.327 e. The highest BCUT2D eigenvalue weighted by Crippen LogP contribution is 2.15. The zero-order valence-corrected chi connectivity index (χ0v) is 8.59. The van der Waals surface area contributed by atoms with Gasteiger partial charge in [-0.05, 0) is 30.8 Å². The number of rotatable bonds is 2. The Morgan fingerprint density at radius 3 is 3.23 bits per heavy atom. The lowest BCUT2D eigenvalue weighted by molar-refractivity contribution is 0.203. The summed E-state index contributed by atoms with van der Waals surface area (Å²) in [6.45, 7) is 3.37. The molecular formula is C10H16N2S. The van der Waals surface area contributed by atoms with E-state index in [-0.39, 0.29) is 0 Å². The molecule has 13 heavy (non-hydrogen) atoms. The molecule has 0 unspecified atom stereocenters. The SMILES string of the molecule is N[C@@H]1CCCN(Cc2cccs2)C1. The maximum Gasteiger partial charge on any atom is 0.0328 e. The van der Waals surface area contributed by atoms with Gasteiger partial charge < -0.3 is 5.73 Å². The summed E-state index contributed by atoms with van der Waals surface area (Å²) >= 11 is 1.84. The van der Waals surface area contributed by atoms with Gasteiger partial charge in [-0.25, -0.2) is 0 Å². The van der Waals surface area contributed by atoms with Crippen LogP contribution in [0.25, 0.3) is 0 Å². The van der Waals surface area contributed by atoms with E-state index in [4.69, 9.17) is 5.73 Å². The summed E-state index contributed by atoms with van der Waals surface area (Å²) in [5.74, 6) is 0. The molecule has 1 fully saturated rings. The third kappa shape index (κ3) is 2.53. The maximum atomic E-state index is 5.92. The second kappa shape index (κ2) is 4.22. The topological polar surface area (TPSA) is 29.3 Å². The predicted octanol–water partition coefficient (Wildman–Crippen LogP) is 1.67. The van der Waals surface area contributed by atoms with Crippen LogP contribution in [0.15, 0.2) is 17.5 Å². The van der Waals surface area contributed by atoms with Crippen molar-refractivity contribution in [2.75, 3.05) is 13.1 Å². The maximum absolute atomic E-state index is 5.92. The highest BCUT2D eigenvalue weighted by atomic mass is 32.1. The number of nitrogens with two attached hydrogens (primary N) is 1. The molecular weight excluding hydrogens is 180 g/mol. The van der Waals surface area contributed by atoms with E-state index in [2.05, 4.69) is 22.4 Å². The van der Waals surface area contributed by atoms with Crippen molar-refractivity contribution in [1.82, 2.24) is 4.90 Å². The predicted molar refractivity (Wildman–Crippen MR) is 56.8 cm³/mol. The van der Waals surface area contributed by atoms with Crippen molar-refractivity contribution in [3.63, 3.8) is 0 Å². The van der Waals surface area contributed by atoms with Gasteiger partial charge in [0.2, 0.25) is 0 Å². The van der Waals surface area contributed by atoms with Crippen molar-refractivity contribution in [3.05, 3.63) is 22.4 Å². The molecule has 0 amide bonds. The van der Waals surface area contributed by atoms with Crippen molar-refractivity contribution >= 4 is 11.3 Å². The molecule has 0 aromatic carbocycles. The molecule has 1 aromatic heterocycles. The number of hydrogen-bond donors (Lipinski definition) is 1. The third-order valence-electron chi connectivity index (χ3n) is 2.50. The summed E-state index contributed by atoms with van der Waals surface area (Å²) in [4.78, 5) is 3.91. The Hall–Kier alpha value is -0.380. The van der Waals surface area contributed by atoms with Gasteiger partial charge >= 0.3 is 0 Å². The molecule has 1 aliphatic rings. The molecule has 1 aromatic rings. The molecule has 2 N–H and O–H groups in total. The molecule has 0 saturated carbocycles. The first-order chi connectivity index (χ1) is 6.34. The molecule has 2 heterocycles. The Labute approximate surface area is 83.4 Å². The molecule has 72 valence electrons. The standard InChI is InChI=1S/C10H16N2S/c11-9-3-1-5-12(7-9)8-10-4-2-6-13-10/h2,4,6,9H,1,3,5,7-8,11H2/t9-/m1/s1. The van der Waals surface area contributed by atoms with E-state index < -0.39 is 0 Å². The molecule has 1 atom stereocenters. The molecule has 0 aliphatic carbocycles. The average Bonchev–Trinajstić information content (AvgIpc) is 2.57. The van der Waals surface area contributed by atoms with Crippen molar-refractivity contribution in [1.29, 1.82) is 0 Å². The van der Waals surface area contributed by atoms with E-state index in [1.165, 1.54) is 24.3 Å². The quantitative estimate of drug-likeness (QED) is 0.779. The Kier molecular flexibility index (Phi) is 2.98. The van der Waals surface area contributed by atoms with Crippen molar-refractivity contribution in [2.45, 2.75) is 25.4 Å². The van der Waals surface area contributed by atoms with Crippen LogP contribution in [-0.4, -0.2) is 24.0 Å². The molecule has 0 bridgehead atoms. The van der Waals surface area contributed by atoms with E-state index in [1.54, 1.807) is 0 Å². The lowest BCUT2D eigenvalue weighted by Gasteiger charge is -2.30. The number of hydrogen-bond acceptors (Lipinski definition) is 3. The van der Waals surface area contributed by atoms with E-state index in [9.17, 15) is 0 Å². The minimum absolute atomic E-state index is 0.397. The first-order valence-corrected chi connectivity index (χ1v) is 5.73. The highest BCUT2D eigenvalue weighted by Gasteiger charge is 2.16. The van der Waals surface area contributed by atoms with Gasteiger partial charge in [-0.2, -0.15) is 0 Å². The van der Waals surface area contributed by atoms with Gasteiger partial charge in [-0.1, -0.05) is 6.07 Å². The summed E-state index contributed by atoms with van der Waals surface area (Å²) in [6, 6.07) is 4.71. The second-order valence-corrected chi connectivity index (χ2v) is 4.75. The first-order valence-electron chi connectivity index (χ1n) is 4.85. The number of piperidine rings is 1. The van der Waals surface area contributed by atoms with Gasteiger partial charge in [-0.3, -0.25) is 4.90 Å². The van der Waals surface area contributed by atoms with Crippen LogP contribution in [0.2, 0.25) is 0 Å². The Morgan fingerprint density at radius 2 is 2.54 bits per heavy atom. The van der Waals surface area contributed by atoms with Crippen LogP contribution in [0.3, 0.4) is 0 Å². The van der Waals surface area contributed by atoms with Crippen LogP contribution < -0.4 is 5.73 Å². The van der Waals surface area contributed by atoms with Gasteiger partial charge in [0.15, 0.2) is 0 Å². The van der Waals surface area contributed by atoms with Crippen molar-refractivity contribution in [3.8, 4) is 0 Å². The Bertz CT molecular complexity index is 245. The molecule has 0 spiro atoms. The summed E-state index contributed by atoms with van der Waals surface area (Å²) in [5.41, 5.74) is 5.92. The minimum atomic E-state index is 0.397. The number of likely N-dealkylation sites (tertiary alicyclic amines) is 1. The third-order valence-corrected chi connectivity index (χ3v) is 3.36. The van der Waals surface area contributed by atoms with Gasteiger partial charge in [0, 0.05) is 24.0 Å². The summed E-state index contributed by atoms with van der Waals surface area (Å²) in [6.07, 6.45) is 2.45. The van der Waals surface area contributed by atoms with Crippen LogP contribution in [0.4, 0.5) is 0 Å². The normalized spacial score (nSPS) is 24.8. The zero-order chi connectivity index (χ0) is 9.10. The first kappa shape index (κ1) is 9.19. The van der Waals surface area contributed by atoms with E-state index in [0.717, 1.165) is 13.1 Å². The lowest BCUT2D eigenvalue weighted by atomic mass is 10.1. The molecule has 2 rings (SSSR count). The summed E-state index contributed by atoms with van der Waals surface area (Å²) in [5, 5.41) is 2.14. The van der Waals surface area contributed by atoms with Crippen LogP contribution in [0, 0.1) is 0 Å². The monoisotopic (exact) mass is 196 g/mol. The Morgan fingerprint density at radius 1 is 1.62 bits per heavy atom. The zero-order valence-electron chi connectivity index (χ0n) is 7.78. The summed E-state index contributed by atoms with van der Waals surface area (Å²) in [7, 11) is 0. The number of thiophene rings is 1. The fourth-order valence-electron chi connectivity index (χ4n) is 1.86. The molecule has 0 radical (unpaired) electrons. The van der Waals surface area contributed by atoms with Crippen molar-refractivity contribution < 1.29 is 0 Å². The van der Waals surface area contributed by atoms with E-state index in [1.807, 2.05) is 11.3 Å². The molecule has 2 nitrogen and oxygen atoms in total. The molecule has 3 heteroatoms. The van der Waals surface area contributed by atoms with Crippen LogP contribution in [0.5, 0.6) is 0 Å².